The third kappa shape index (κ3) is 4.87. The molecule has 0 radical (unpaired) electrons. The first-order valence-corrected chi connectivity index (χ1v) is 10.2. The van der Waals surface area contributed by atoms with Crippen molar-refractivity contribution in [2.24, 2.45) is 5.92 Å². The summed E-state index contributed by atoms with van der Waals surface area (Å²) in [5.41, 5.74) is 1.53. The molecule has 1 saturated heterocycles. The molecule has 0 N–H and O–H groups in total. The van der Waals surface area contributed by atoms with Gasteiger partial charge in [-0.3, -0.25) is 0 Å². The Kier molecular flexibility index (Phi) is 5.91. The van der Waals surface area contributed by atoms with Crippen molar-refractivity contribution in [3.63, 3.8) is 0 Å². The molecule has 1 heterocycles. The van der Waals surface area contributed by atoms with Gasteiger partial charge in [-0.15, -0.1) is 0 Å². The van der Waals surface area contributed by atoms with Crippen LogP contribution in [-0.4, -0.2) is 27.9 Å². The summed E-state index contributed by atoms with van der Waals surface area (Å²) in [6.45, 7) is 10.3. The second-order valence-electron chi connectivity index (χ2n) is 7.21. The van der Waals surface area contributed by atoms with Gasteiger partial charge in [-0.2, -0.15) is 0 Å². The third-order valence-corrected chi connectivity index (χ3v) is 7.99. The molecule has 0 aromatic carbocycles. The summed E-state index contributed by atoms with van der Waals surface area (Å²) in [6.07, 6.45) is 9.36. The molecule has 1 saturated carbocycles. The third-order valence-electron chi connectivity index (χ3n) is 4.74. The molecule has 19 heavy (non-hydrogen) atoms. The lowest BCUT2D eigenvalue weighted by Gasteiger charge is -2.23. The van der Waals surface area contributed by atoms with Gasteiger partial charge in [-0.1, -0.05) is 40.5 Å². The molecule has 0 aromatic heterocycles. The molecule has 2 aliphatic rings. The van der Waals surface area contributed by atoms with Crippen LogP contribution < -0.4 is 0 Å². The fraction of sp³-hybridized carbons (Fsp3) is 1.00. The van der Waals surface area contributed by atoms with Gasteiger partial charge in [0.2, 0.25) is 0 Å². The van der Waals surface area contributed by atoms with Gasteiger partial charge in [0.25, 0.3) is 0 Å². The van der Waals surface area contributed by atoms with Crippen molar-refractivity contribution in [1.29, 1.82) is 0 Å². The zero-order valence-electron chi connectivity index (χ0n) is 13.2. The average molecular weight is 285 g/mol. The summed E-state index contributed by atoms with van der Waals surface area (Å²) >= 11 is 0. The number of hydrogen-bond donors (Lipinski definition) is 0. The first kappa shape index (κ1) is 15.5. The molecule has 2 rings (SSSR count). The highest BCUT2D eigenvalue weighted by molar-refractivity contribution is 6.54. The van der Waals surface area contributed by atoms with E-state index in [2.05, 4.69) is 27.7 Å². The Hall–Kier alpha value is 0.137. The van der Waals surface area contributed by atoms with E-state index in [1.165, 1.54) is 38.5 Å². The molecular formula is C16H32O2Si. The van der Waals surface area contributed by atoms with Gasteiger partial charge in [-0.05, 0) is 42.7 Å². The lowest BCUT2D eigenvalue weighted by Crippen LogP contribution is -2.26. The topological polar surface area (TPSA) is 21.8 Å². The average Bonchev–Trinajstić information content (AvgIpc) is 3.10. The van der Waals surface area contributed by atoms with E-state index in [0.717, 1.165) is 23.6 Å². The van der Waals surface area contributed by atoms with Crippen molar-refractivity contribution in [1.82, 2.24) is 0 Å². The van der Waals surface area contributed by atoms with Gasteiger partial charge in [0, 0.05) is 6.61 Å². The smallest absolute Gasteiger partial charge is 0.181 e. The normalized spacial score (nSPS) is 30.2. The van der Waals surface area contributed by atoms with E-state index in [1.807, 2.05) is 0 Å². The van der Waals surface area contributed by atoms with Crippen LogP contribution >= 0.6 is 0 Å². The molecular weight excluding hydrogens is 252 g/mol. The van der Waals surface area contributed by atoms with Crippen LogP contribution in [0, 0.1) is 5.92 Å². The van der Waals surface area contributed by atoms with E-state index >= 15 is 0 Å². The quantitative estimate of drug-likeness (QED) is 0.377. The Morgan fingerprint density at radius 2 is 1.79 bits per heavy atom. The summed E-state index contributed by atoms with van der Waals surface area (Å²) in [6, 6.07) is 0. The highest BCUT2D eigenvalue weighted by Gasteiger charge is 2.43. The van der Waals surface area contributed by atoms with Gasteiger partial charge < -0.3 is 9.16 Å². The molecule has 0 spiro atoms. The maximum atomic E-state index is 6.20. The Labute approximate surface area is 121 Å². The minimum atomic E-state index is -0.981. The van der Waals surface area contributed by atoms with E-state index in [4.69, 9.17) is 9.16 Å². The Morgan fingerprint density at radius 1 is 1.05 bits per heavy atom. The lowest BCUT2D eigenvalue weighted by molar-refractivity contribution is 0.281. The van der Waals surface area contributed by atoms with Gasteiger partial charge in [-0.25, -0.2) is 0 Å². The van der Waals surface area contributed by atoms with Crippen molar-refractivity contribution in [2.75, 3.05) is 6.61 Å². The number of ether oxygens (including phenoxy) is 1. The molecule has 2 fully saturated rings. The van der Waals surface area contributed by atoms with E-state index in [-0.39, 0.29) is 0 Å². The van der Waals surface area contributed by atoms with Crippen LogP contribution in [0.5, 0.6) is 0 Å². The largest absolute Gasteiger partial charge is 0.420 e. The number of unbranched alkanes of at least 4 members (excludes halogenated alkanes) is 1. The van der Waals surface area contributed by atoms with Gasteiger partial charge in [0.05, 0.1) is 12.2 Å². The molecule has 3 atom stereocenters. The molecule has 2 nitrogen and oxygen atoms in total. The van der Waals surface area contributed by atoms with Crippen LogP contribution in [0.25, 0.3) is 0 Å². The predicted molar refractivity (Wildman–Crippen MR) is 83.2 cm³/mol. The van der Waals surface area contributed by atoms with Crippen LogP contribution in [0.2, 0.25) is 11.1 Å². The molecule has 1 aliphatic carbocycles. The van der Waals surface area contributed by atoms with Crippen LogP contribution in [0.15, 0.2) is 0 Å². The van der Waals surface area contributed by atoms with E-state index < -0.39 is 9.04 Å². The number of hydrogen-bond acceptors (Lipinski definition) is 2. The van der Waals surface area contributed by atoms with Crippen LogP contribution in [0.1, 0.15) is 66.2 Å². The number of fused-ring (bicyclic) bond motifs is 1. The zero-order valence-corrected chi connectivity index (χ0v) is 14.4. The Morgan fingerprint density at radius 3 is 2.42 bits per heavy atom. The lowest BCUT2D eigenvalue weighted by atomic mass is 9.86. The van der Waals surface area contributed by atoms with Crippen LogP contribution in [0.3, 0.4) is 0 Å². The summed E-state index contributed by atoms with van der Waals surface area (Å²) in [7, 11) is -0.981. The summed E-state index contributed by atoms with van der Waals surface area (Å²) in [5.74, 6) is 0.937. The first-order chi connectivity index (χ1) is 9.08. The molecule has 112 valence electrons. The fourth-order valence-electron chi connectivity index (χ4n) is 3.66. The maximum absolute atomic E-state index is 6.20. The minimum Gasteiger partial charge on any atom is -0.420 e. The minimum absolute atomic E-state index is 0.647. The second kappa shape index (κ2) is 7.23. The van der Waals surface area contributed by atoms with Gasteiger partial charge >= 0.3 is 0 Å². The van der Waals surface area contributed by atoms with E-state index in [1.54, 1.807) is 0 Å². The van der Waals surface area contributed by atoms with Crippen molar-refractivity contribution < 1.29 is 9.16 Å². The summed E-state index contributed by atoms with van der Waals surface area (Å²) in [5, 5.41) is 0. The first-order valence-electron chi connectivity index (χ1n) is 8.35. The Balaban J connectivity index is 1.51. The van der Waals surface area contributed by atoms with Crippen LogP contribution in [0.4, 0.5) is 0 Å². The van der Waals surface area contributed by atoms with Crippen molar-refractivity contribution in [3.8, 4) is 0 Å². The highest BCUT2D eigenvalue weighted by Crippen LogP contribution is 2.41. The molecule has 3 unspecified atom stereocenters. The summed E-state index contributed by atoms with van der Waals surface area (Å²) < 4.78 is 11.8. The number of epoxide rings is 1. The molecule has 0 aromatic rings. The number of rotatable bonds is 8. The van der Waals surface area contributed by atoms with Gasteiger partial charge in [0.15, 0.2) is 9.04 Å². The maximum Gasteiger partial charge on any atom is 0.181 e. The van der Waals surface area contributed by atoms with Crippen molar-refractivity contribution in [3.05, 3.63) is 0 Å². The van der Waals surface area contributed by atoms with Crippen molar-refractivity contribution in [2.45, 2.75) is 89.5 Å². The molecule has 3 heteroatoms. The summed E-state index contributed by atoms with van der Waals surface area (Å²) in [4.78, 5) is 0. The van der Waals surface area contributed by atoms with Crippen LogP contribution in [-0.2, 0) is 9.16 Å². The zero-order chi connectivity index (χ0) is 13.8. The van der Waals surface area contributed by atoms with Crippen molar-refractivity contribution >= 4 is 9.04 Å². The Bertz CT molecular complexity index is 259. The van der Waals surface area contributed by atoms with Gasteiger partial charge in [0.1, 0.15) is 0 Å². The molecule has 0 bridgehead atoms. The van der Waals surface area contributed by atoms with E-state index in [9.17, 15) is 0 Å². The second-order valence-corrected chi connectivity index (χ2v) is 11.1. The highest BCUT2D eigenvalue weighted by atomic mass is 28.3. The molecule has 0 amide bonds. The molecule has 1 aliphatic heterocycles. The standard InChI is InChI=1S/C16H32O2Si/c1-12(2)19(13(3)4)17-10-6-5-7-14-8-9-15-16(11-14)18-15/h12-16,19H,5-11H2,1-4H3. The SMILES string of the molecule is CC(C)[SiH](OCCCCC1CCC2OC2C1)C(C)C. The monoisotopic (exact) mass is 284 g/mol. The van der Waals surface area contributed by atoms with E-state index in [0.29, 0.717) is 12.2 Å². The fourth-order valence-corrected chi connectivity index (χ4v) is 6.41. The predicted octanol–water partition coefficient (Wildman–Crippen LogP) is 4.28.